The molecule has 10 nitrogen and oxygen atoms in total. The van der Waals surface area contributed by atoms with E-state index in [0.29, 0.717) is 36.8 Å². The largest absolute Gasteiger partial charge is 0.477 e. The van der Waals surface area contributed by atoms with Crippen LogP contribution in [0.25, 0.3) is 0 Å². The number of rotatable bonds is 6. The van der Waals surface area contributed by atoms with Gasteiger partial charge in [-0.15, -0.1) is 11.8 Å². The molecule has 3 saturated heterocycles. The van der Waals surface area contributed by atoms with Crippen molar-refractivity contribution in [1.29, 1.82) is 0 Å². The van der Waals surface area contributed by atoms with Crippen LogP contribution in [0.3, 0.4) is 0 Å². The molecule has 4 rings (SSSR count). The molecular weight excluding hydrogens is 458 g/mol. The zero-order chi connectivity index (χ0) is 24.9. The van der Waals surface area contributed by atoms with Gasteiger partial charge in [-0.25, -0.2) is 4.79 Å². The summed E-state index contributed by atoms with van der Waals surface area (Å²) < 4.78 is 0. The average molecular weight is 494 g/mol. The number of aliphatic imine (C=N–C) groups is 1. The van der Waals surface area contributed by atoms with Gasteiger partial charge in [0.15, 0.2) is 0 Å². The Balaban J connectivity index is 1.42. The summed E-state index contributed by atoms with van der Waals surface area (Å²) in [5, 5.41) is 19.9. The van der Waals surface area contributed by atoms with Crippen molar-refractivity contribution in [3.05, 3.63) is 10.6 Å². The predicted molar refractivity (Wildman–Crippen MR) is 129 cm³/mol. The van der Waals surface area contributed by atoms with Gasteiger partial charge in [0.1, 0.15) is 5.70 Å². The van der Waals surface area contributed by atoms with E-state index in [1.54, 1.807) is 13.8 Å². The van der Waals surface area contributed by atoms with Gasteiger partial charge in [-0.05, 0) is 40.2 Å². The summed E-state index contributed by atoms with van der Waals surface area (Å²) in [4.78, 5) is 48.3. The SMILES string of the molecule is CC(N)=NC1CCN(C(=O)[C@@H]2C[C@H](SC3=C(C(=O)O)N4C(=O)[C@H](C(C)O)[C@H]4[C@H]3C)CN2C)CC1. The van der Waals surface area contributed by atoms with E-state index in [1.165, 1.54) is 16.7 Å². The quantitative estimate of drug-likeness (QED) is 0.273. The van der Waals surface area contributed by atoms with Gasteiger partial charge < -0.3 is 25.7 Å². The summed E-state index contributed by atoms with van der Waals surface area (Å²) in [6.45, 7) is 7.26. The molecule has 6 atom stereocenters. The number of thioether (sulfide) groups is 1. The molecule has 188 valence electrons. The first kappa shape index (κ1) is 25.0. The third-order valence-corrected chi connectivity index (χ3v) is 9.06. The number of aliphatic hydroxyl groups is 1. The van der Waals surface area contributed by atoms with Gasteiger partial charge in [0.2, 0.25) is 11.8 Å². The number of amides is 2. The van der Waals surface area contributed by atoms with Gasteiger partial charge in [-0.2, -0.15) is 0 Å². The number of likely N-dealkylation sites (tertiary alicyclic amines) is 2. The molecule has 0 bridgehead atoms. The van der Waals surface area contributed by atoms with E-state index in [0.717, 1.165) is 12.8 Å². The predicted octanol–water partition coefficient (Wildman–Crippen LogP) is 0.314. The molecule has 11 heteroatoms. The second-order valence-electron chi connectivity index (χ2n) is 10.0. The first-order valence-corrected chi connectivity index (χ1v) is 12.8. The molecule has 34 heavy (non-hydrogen) atoms. The van der Waals surface area contributed by atoms with Crippen LogP contribution in [-0.2, 0) is 14.4 Å². The van der Waals surface area contributed by atoms with E-state index in [4.69, 9.17) is 5.73 Å². The number of hydrogen-bond acceptors (Lipinski definition) is 7. The standard InChI is InChI=1S/C23H35N5O5S/c1-11-18-17(12(2)29)22(31)28(18)19(23(32)33)20(11)34-15-9-16(26(4)10-15)21(30)27-7-5-14(6-8-27)25-13(3)24/h11-12,14-18,29H,5-10H2,1-4H3,(H2,24,25)(H,32,33)/t11-,12?,15+,16+,17-,18-/m1/s1. The number of amidine groups is 1. The zero-order valence-electron chi connectivity index (χ0n) is 20.2. The molecule has 0 aliphatic carbocycles. The van der Waals surface area contributed by atoms with Crippen molar-refractivity contribution in [2.45, 2.75) is 69.5 Å². The van der Waals surface area contributed by atoms with Crippen molar-refractivity contribution in [2.24, 2.45) is 22.6 Å². The number of likely N-dealkylation sites (N-methyl/N-ethyl adjacent to an activating group) is 1. The molecule has 0 spiro atoms. The second-order valence-corrected chi connectivity index (χ2v) is 11.4. The summed E-state index contributed by atoms with van der Waals surface area (Å²) >= 11 is 1.48. The third-order valence-electron chi connectivity index (χ3n) is 7.56. The van der Waals surface area contributed by atoms with Crippen LogP contribution >= 0.6 is 11.8 Å². The first-order valence-electron chi connectivity index (χ1n) is 11.9. The van der Waals surface area contributed by atoms with Crippen LogP contribution < -0.4 is 5.73 Å². The second kappa shape index (κ2) is 9.50. The third kappa shape index (κ3) is 4.33. The van der Waals surface area contributed by atoms with Crippen molar-refractivity contribution >= 4 is 35.4 Å². The van der Waals surface area contributed by atoms with Crippen LogP contribution in [0.1, 0.15) is 40.0 Å². The summed E-state index contributed by atoms with van der Waals surface area (Å²) in [5.74, 6) is -1.50. The van der Waals surface area contributed by atoms with Gasteiger partial charge in [0, 0.05) is 35.7 Å². The molecule has 4 N–H and O–H groups in total. The number of carboxylic acid groups (broad SMARTS) is 1. The van der Waals surface area contributed by atoms with E-state index >= 15 is 0 Å². The lowest BCUT2D eigenvalue weighted by atomic mass is 9.79. The molecule has 3 fully saturated rings. The fourth-order valence-corrected chi connectivity index (χ4v) is 7.50. The first-order chi connectivity index (χ1) is 16.0. The van der Waals surface area contributed by atoms with Crippen LogP contribution in [0.15, 0.2) is 15.6 Å². The van der Waals surface area contributed by atoms with Gasteiger partial charge in [0.25, 0.3) is 0 Å². The van der Waals surface area contributed by atoms with Gasteiger partial charge in [-0.3, -0.25) is 19.5 Å². The van der Waals surface area contributed by atoms with E-state index in [-0.39, 0.29) is 46.8 Å². The highest BCUT2D eigenvalue weighted by molar-refractivity contribution is 8.03. The summed E-state index contributed by atoms with van der Waals surface area (Å²) in [7, 11) is 1.93. The van der Waals surface area contributed by atoms with Crippen molar-refractivity contribution in [1.82, 2.24) is 14.7 Å². The fraction of sp³-hybridized carbons (Fsp3) is 0.739. The van der Waals surface area contributed by atoms with Crippen molar-refractivity contribution in [3.8, 4) is 0 Å². The van der Waals surface area contributed by atoms with Gasteiger partial charge >= 0.3 is 5.97 Å². The highest BCUT2D eigenvalue weighted by atomic mass is 32.2. The maximum atomic E-state index is 13.3. The number of aliphatic hydroxyl groups excluding tert-OH is 1. The lowest BCUT2D eigenvalue weighted by Gasteiger charge is -2.46. The number of nitrogens with zero attached hydrogens (tertiary/aromatic N) is 4. The Morgan fingerprint density at radius 2 is 1.91 bits per heavy atom. The van der Waals surface area contributed by atoms with Crippen LogP contribution in [0.4, 0.5) is 0 Å². The minimum absolute atomic E-state index is 0.0413. The molecule has 0 aromatic heterocycles. The molecule has 4 aliphatic heterocycles. The number of nitrogens with two attached hydrogens (primary N) is 1. The average Bonchev–Trinajstić information content (AvgIpc) is 3.23. The Bertz CT molecular complexity index is 925. The molecule has 4 aliphatic rings. The number of β-lactam (4-membered cyclic amide) rings is 1. The molecule has 2 amide bonds. The van der Waals surface area contributed by atoms with E-state index in [2.05, 4.69) is 4.99 Å². The number of hydrogen-bond donors (Lipinski definition) is 3. The van der Waals surface area contributed by atoms with Crippen LogP contribution in [0.5, 0.6) is 0 Å². The Kier molecular flexibility index (Phi) is 6.99. The van der Waals surface area contributed by atoms with E-state index < -0.39 is 18.0 Å². The maximum absolute atomic E-state index is 13.3. The van der Waals surface area contributed by atoms with Gasteiger partial charge in [0.05, 0.1) is 36.0 Å². The summed E-state index contributed by atoms with van der Waals surface area (Å²) in [6, 6.07) is -0.399. The minimum Gasteiger partial charge on any atom is -0.477 e. The number of carbonyl (C=O) groups is 3. The molecule has 1 unspecified atom stereocenters. The maximum Gasteiger partial charge on any atom is 0.353 e. The smallest absolute Gasteiger partial charge is 0.353 e. The molecule has 0 aromatic rings. The number of piperidine rings is 1. The molecule has 0 radical (unpaired) electrons. The lowest BCUT2D eigenvalue weighted by molar-refractivity contribution is -0.163. The summed E-state index contributed by atoms with van der Waals surface area (Å²) in [5.41, 5.74) is 5.73. The van der Waals surface area contributed by atoms with Crippen LogP contribution in [0, 0.1) is 11.8 Å². The normalized spacial score (nSPS) is 33.9. The fourth-order valence-electron chi connectivity index (χ4n) is 5.90. The summed E-state index contributed by atoms with van der Waals surface area (Å²) in [6.07, 6.45) is 1.41. The molecular formula is C23H35N5O5S. The number of aliphatic carboxylic acids is 1. The Hall–Kier alpha value is -2.11. The minimum atomic E-state index is -1.12. The highest BCUT2D eigenvalue weighted by Crippen LogP contribution is 2.52. The topological polar surface area (TPSA) is 140 Å². The van der Waals surface area contributed by atoms with Crippen molar-refractivity contribution in [2.75, 3.05) is 26.7 Å². The van der Waals surface area contributed by atoms with Crippen molar-refractivity contribution in [3.63, 3.8) is 0 Å². The van der Waals surface area contributed by atoms with Gasteiger partial charge in [-0.1, -0.05) is 6.92 Å². The van der Waals surface area contributed by atoms with Crippen LogP contribution in [0.2, 0.25) is 0 Å². The number of fused-ring (bicyclic) bond motifs is 1. The van der Waals surface area contributed by atoms with E-state index in [1.807, 2.05) is 23.8 Å². The Labute approximate surface area is 204 Å². The van der Waals surface area contributed by atoms with E-state index in [9.17, 15) is 24.6 Å². The molecule has 0 aromatic carbocycles. The number of carbonyl (C=O) groups excluding carboxylic acids is 2. The lowest BCUT2D eigenvalue weighted by Crippen LogP contribution is -2.63. The zero-order valence-corrected chi connectivity index (χ0v) is 21.0. The Morgan fingerprint density at radius 3 is 2.47 bits per heavy atom. The highest BCUT2D eigenvalue weighted by Gasteiger charge is 2.60. The molecule has 0 saturated carbocycles. The molecule has 4 heterocycles. The monoisotopic (exact) mass is 493 g/mol. The van der Waals surface area contributed by atoms with Crippen molar-refractivity contribution < 1.29 is 24.6 Å². The number of carboxylic acids is 1. The Morgan fingerprint density at radius 1 is 1.26 bits per heavy atom. The van der Waals surface area contributed by atoms with Crippen LogP contribution in [-0.4, -0.2) is 105 Å².